The van der Waals surface area contributed by atoms with E-state index in [0.717, 1.165) is 11.1 Å². The highest BCUT2D eigenvalue weighted by atomic mass is 16.6. The predicted molar refractivity (Wildman–Crippen MR) is 78.0 cm³/mol. The molecule has 0 fully saturated rings. The minimum absolute atomic E-state index is 0.0181. The third-order valence-electron chi connectivity index (χ3n) is 2.81. The lowest BCUT2D eigenvalue weighted by molar-refractivity contribution is -0.383. The van der Waals surface area contributed by atoms with Crippen molar-refractivity contribution in [1.29, 1.82) is 0 Å². The molecule has 6 heteroatoms. The van der Waals surface area contributed by atoms with Gasteiger partial charge < -0.3 is 10.1 Å². The van der Waals surface area contributed by atoms with E-state index in [-0.39, 0.29) is 11.8 Å². The van der Waals surface area contributed by atoms with E-state index in [1.807, 2.05) is 19.9 Å². The number of hydrogen-bond acceptors (Lipinski definition) is 5. The maximum absolute atomic E-state index is 11.0. The zero-order valence-corrected chi connectivity index (χ0v) is 11.5. The minimum Gasteiger partial charge on any atom is -0.382 e. The number of nitrogens with one attached hydrogen (secondary N) is 1. The van der Waals surface area contributed by atoms with Crippen molar-refractivity contribution in [3.05, 3.63) is 40.6 Å². The number of hydrogen-bond donors (Lipinski definition) is 1. The molecule has 0 atom stereocenters. The number of rotatable bonds is 6. The first-order valence-electron chi connectivity index (χ1n) is 6.47. The fourth-order valence-corrected chi connectivity index (χ4v) is 1.94. The molecule has 0 saturated heterocycles. The van der Waals surface area contributed by atoms with E-state index in [9.17, 15) is 10.1 Å². The van der Waals surface area contributed by atoms with Crippen molar-refractivity contribution in [2.75, 3.05) is 18.5 Å². The summed E-state index contributed by atoms with van der Waals surface area (Å²) in [5.74, 6) is 0. The molecular weight excluding hydrogens is 258 g/mol. The smallest absolute Gasteiger partial charge is 0.295 e. The summed E-state index contributed by atoms with van der Waals surface area (Å²) in [7, 11) is 0. The topological polar surface area (TPSA) is 77.3 Å². The van der Waals surface area contributed by atoms with Gasteiger partial charge in [0, 0.05) is 29.9 Å². The highest BCUT2D eigenvalue weighted by Crippen LogP contribution is 2.29. The van der Waals surface area contributed by atoms with Crippen LogP contribution >= 0.6 is 0 Å². The molecule has 0 aliphatic carbocycles. The molecule has 2 rings (SSSR count). The number of fused-ring (bicyclic) bond motifs is 1. The maximum Gasteiger partial charge on any atom is 0.295 e. The van der Waals surface area contributed by atoms with Crippen LogP contribution in [0.25, 0.3) is 10.9 Å². The molecule has 20 heavy (non-hydrogen) atoms. The number of nitro benzene ring substituents is 1. The van der Waals surface area contributed by atoms with E-state index < -0.39 is 4.92 Å². The Kier molecular flexibility index (Phi) is 4.47. The number of nitro groups is 1. The van der Waals surface area contributed by atoms with Crippen molar-refractivity contribution >= 4 is 22.3 Å². The summed E-state index contributed by atoms with van der Waals surface area (Å²) in [5, 5.41) is 15.0. The summed E-state index contributed by atoms with van der Waals surface area (Å²) in [4.78, 5) is 14.7. The average molecular weight is 275 g/mol. The van der Waals surface area contributed by atoms with Crippen molar-refractivity contribution in [3.8, 4) is 0 Å². The zero-order chi connectivity index (χ0) is 14.5. The SMILES string of the molecule is CC(C)OCCNc1ccc([N+](=O)[O-])c2ncccc12. The van der Waals surface area contributed by atoms with Gasteiger partial charge in [-0.15, -0.1) is 0 Å². The van der Waals surface area contributed by atoms with Gasteiger partial charge in [-0.05, 0) is 32.0 Å². The molecule has 1 N–H and O–H groups in total. The van der Waals surface area contributed by atoms with Crippen molar-refractivity contribution in [2.24, 2.45) is 0 Å². The largest absolute Gasteiger partial charge is 0.382 e. The number of benzene rings is 1. The molecule has 1 aromatic carbocycles. The Labute approximate surface area is 116 Å². The fourth-order valence-electron chi connectivity index (χ4n) is 1.94. The van der Waals surface area contributed by atoms with Crippen LogP contribution in [0, 0.1) is 10.1 Å². The lowest BCUT2D eigenvalue weighted by atomic mass is 10.1. The zero-order valence-electron chi connectivity index (χ0n) is 11.5. The van der Waals surface area contributed by atoms with Gasteiger partial charge in [-0.3, -0.25) is 10.1 Å². The van der Waals surface area contributed by atoms with E-state index in [1.165, 1.54) is 6.07 Å². The van der Waals surface area contributed by atoms with E-state index in [1.54, 1.807) is 18.3 Å². The highest BCUT2D eigenvalue weighted by molar-refractivity contribution is 5.96. The second-order valence-electron chi connectivity index (χ2n) is 4.64. The molecule has 1 heterocycles. The van der Waals surface area contributed by atoms with Crippen LogP contribution in [0.4, 0.5) is 11.4 Å². The molecule has 0 unspecified atom stereocenters. The first-order valence-corrected chi connectivity index (χ1v) is 6.47. The average Bonchev–Trinajstić information content (AvgIpc) is 2.43. The van der Waals surface area contributed by atoms with Crippen LogP contribution in [0.2, 0.25) is 0 Å². The summed E-state index contributed by atoms with van der Waals surface area (Å²) in [5.41, 5.74) is 1.24. The molecule has 0 aliphatic heterocycles. The summed E-state index contributed by atoms with van der Waals surface area (Å²) in [6, 6.07) is 6.77. The summed E-state index contributed by atoms with van der Waals surface area (Å²) < 4.78 is 5.45. The lowest BCUT2D eigenvalue weighted by Crippen LogP contribution is -2.13. The number of non-ortho nitro benzene ring substituents is 1. The van der Waals surface area contributed by atoms with Crippen LogP contribution < -0.4 is 5.32 Å². The van der Waals surface area contributed by atoms with E-state index in [2.05, 4.69) is 10.3 Å². The Hall–Kier alpha value is -2.21. The molecule has 1 aromatic heterocycles. The number of nitrogens with zero attached hydrogens (tertiary/aromatic N) is 2. The quantitative estimate of drug-likeness (QED) is 0.498. The maximum atomic E-state index is 11.0. The monoisotopic (exact) mass is 275 g/mol. The Morgan fingerprint density at radius 2 is 2.20 bits per heavy atom. The van der Waals surface area contributed by atoms with Crippen LogP contribution in [0.3, 0.4) is 0 Å². The van der Waals surface area contributed by atoms with Crippen LogP contribution in [0.15, 0.2) is 30.5 Å². The van der Waals surface area contributed by atoms with Crippen molar-refractivity contribution in [3.63, 3.8) is 0 Å². The van der Waals surface area contributed by atoms with Crippen LogP contribution in [0.1, 0.15) is 13.8 Å². The van der Waals surface area contributed by atoms with Gasteiger partial charge in [-0.25, -0.2) is 4.98 Å². The predicted octanol–water partition coefficient (Wildman–Crippen LogP) is 2.98. The standard InChI is InChI=1S/C14H17N3O3/c1-10(2)20-9-8-15-12-5-6-13(17(18)19)14-11(12)4-3-7-16-14/h3-7,10,15H,8-9H2,1-2H3. The Balaban J connectivity index is 2.22. The van der Waals surface area contributed by atoms with Gasteiger partial charge in [0.15, 0.2) is 0 Å². The van der Waals surface area contributed by atoms with Crippen LogP contribution in [-0.4, -0.2) is 29.2 Å². The molecule has 0 spiro atoms. The first kappa shape index (κ1) is 14.2. The van der Waals surface area contributed by atoms with Crippen molar-refractivity contribution in [1.82, 2.24) is 4.98 Å². The van der Waals surface area contributed by atoms with E-state index >= 15 is 0 Å². The summed E-state index contributed by atoms with van der Waals surface area (Å²) in [6.07, 6.45) is 1.74. The fraction of sp³-hybridized carbons (Fsp3) is 0.357. The number of anilines is 1. The van der Waals surface area contributed by atoms with E-state index in [4.69, 9.17) is 4.74 Å². The highest BCUT2D eigenvalue weighted by Gasteiger charge is 2.14. The molecule has 0 aliphatic rings. The molecule has 0 radical (unpaired) electrons. The molecule has 106 valence electrons. The molecular formula is C14H17N3O3. The van der Waals surface area contributed by atoms with Gasteiger partial charge in [0.2, 0.25) is 0 Å². The first-order chi connectivity index (χ1) is 9.59. The normalized spacial score (nSPS) is 10.9. The number of pyridine rings is 1. The molecule has 2 aromatic rings. The third kappa shape index (κ3) is 3.21. The van der Waals surface area contributed by atoms with Gasteiger partial charge in [0.05, 0.1) is 17.6 Å². The third-order valence-corrected chi connectivity index (χ3v) is 2.81. The summed E-state index contributed by atoms with van der Waals surface area (Å²) >= 11 is 0. The lowest BCUT2D eigenvalue weighted by Gasteiger charge is -2.11. The molecule has 6 nitrogen and oxygen atoms in total. The molecule has 0 amide bonds. The van der Waals surface area contributed by atoms with Crippen LogP contribution in [0.5, 0.6) is 0 Å². The molecule has 0 saturated carbocycles. The van der Waals surface area contributed by atoms with Gasteiger partial charge >= 0.3 is 0 Å². The second kappa shape index (κ2) is 6.29. The van der Waals surface area contributed by atoms with Crippen LogP contribution in [-0.2, 0) is 4.74 Å². The molecule has 0 bridgehead atoms. The van der Waals surface area contributed by atoms with Gasteiger partial charge in [-0.1, -0.05) is 0 Å². The van der Waals surface area contributed by atoms with Gasteiger partial charge in [0.1, 0.15) is 5.52 Å². The number of ether oxygens (including phenoxy) is 1. The summed E-state index contributed by atoms with van der Waals surface area (Å²) in [6.45, 7) is 5.17. The Bertz CT molecular complexity index is 614. The van der Waals surface area contributed by atoms with Gasteiger partial charge in [0.25, 0.3) is 5.69 Å². The Morgan fingerprint density at radius 1 is 1.40 bits per heavy atom. The Morgan fingerprint density at radius 3 is 2.90 bits per heavy atom. The van der Waals surface area contributed by atoms with Crippen molar-refractivity contribution < 1.29 is 9.66 Å². The minimum atomic E-state index is -0.416. The number of aromatic nitrogens is 1. The van der Waals surface area contributed by atoms with Crippen molar-refractivity contribution in [2.45, 2.75) is 20.0 Å². The van der Waals surface area contributed by atoms with Gasteiger partial charge in [-0.2, -0.15) is 0 Å². The van der Waals surface area contributed by atoms with E-state index in [0.29, 0.717) is 18.7 Å². The second-order valence-corrected chi connectivity index (χ2v) is 4.64.